The topological polar surface area (TPSA) is 132 Å². The number of anilines is 1. The molecule has 10 heteroatoms. The van der Waals surface area contributed by atoms with Crippen molar-refractivity contribution in [1.82, 2.24) is 10.2 Å². The van der Waals surface area contributed by atoms with Crippen LogP contribution in [-0.2, 0) is 9.84 Å². The van der Waals surface area contributed by atoms with Crippen LogP contribution in [0.15, 0.2) is 73.1 Å². The predicted molar refractivity (Wildman–Crippen MR) is 112 cm³/mol. The summed E-state index contributed by atoms with van der Waals surface area (Å²) in [5.41, 5.74) is -0.286. The van der Waals surface area contributed by atoms with E-state index in [0.717, 1.165) is 0 Å². The van der Waals surface area contributed by atoms with Crippen molar-refractivity contribution in [1.29, 1.82) is 0 Å². The van der Waals surface area contributed by atoms with E-state index in [1.165, 1.54) is 18.2 Å². The zero-order chi connectivity index (χ0) is 22.2. The first-order valence-corrected chi connectivity index (χ1v) is 10.8. The molecular weight excluding hydrogens is 422 g/mol. The maximum atomic E-state index is 12.5. The third kappa shape index (κ3) is 3.97. The van der Waals surface area contributed by atoms with Gasteiger partial charge < -0.3 is 8.83 Å². The van der Waals surface area contributed by atoms with Crippen LogP contribution >= 0.6 is 0 Å². The van der Waals surface area contributed by atoms with Gasteiger partial charge in [0.15, 0.2) is 9.84 Å². The Labute approximate surface area is 176 Å². The van der Waals surface area contributed by atoms with Gasteiger partial charge in [-0.15, -0.1) is 5.10 Å². The van der Waals surface area contributed by atoms with Crippen LogP contribution in [0.4, 0.5) is 6.01 Å². The molecule has 31 heavy (non-hydrogen) atoms. The second-order valence-electron chi connectivity index (χ2n) is 6.97. The average Bonchev–Trinajstić information content (AvgIpc) is 3.21. The number of benzene rings is 2. The first-order valence-electron chi connectivity index (χ1n) is 9.28. The lowest BCUT2D eigenvalue weighted by Crippen LogP contribution is -2.20. The Bertz CT molecular complexity index is 1450. The molecule has 0 aliphatic heterocycles. The van der Waals surface area contributed by atoms with E-state index in [1.807, 2.05) is 0 Å². The van der Waals surface area contributed by atoms with Crippen molar-refractivity contribution in [2.24, 2.45) is 0 Å². The number of carbonyl (C=O) groups is 1. The quantitative estimate of drug-likeness (QED) is 0.469. The molecule has 4 rings (SSSR count). The van der Waals surface area contributed by atoms with Crippen LogP contribution in [0.5, 0.6) is 0 Å². The molecule has 0 bridgehead atoms. The van der Waals surface area contributed by atoms with E-state index < -0.39 is 26.6 Å². The summed E-state index contributed by atoms with van der Waals surface area (Å²) in [5.74, 6) is -0.757. The van der Waals surface area contributed by atoms with Gasteiger partial charge in [0.2, 0.25) is 5.89 Å². The second-order valence-corrected chi connectivity index (χ2v) is 9.48. The molecule has 9 nitrogen and oxygen atoms in total. The zero-order valence-electron chi connectivity index (χ0n) is 16.5. The lowest BCUT2D eigenvalue weighted by atomic mass is 10.2. The van der Waals surface area contributed by atoms with Gasteiger partial charge in [0.05, 0.1) is 10.1 Å². The molecule has 158 valence electrons. The van der Waals surface area contributed by atoms with E-state index in [9.17, 15) is 18.0 Å². The SMILES string of the molecule is CC(C)S(=O)(=O)c1cccc(-c2nnc(NC(=O)c3cc4ccccc4oc3=O)o2)c1. The minimum atomic E-state index is -3.48. The van der Waals surface area contributed by atoms with E-state index in [2.05, 4.69) is 15.5 Å². The zero-order valence-corrected chi connectivity index (χ0v) is 17.3. The van der Waals surface area contributed by atoms with Crippen molar-refractivity contribution in [2.45, 2.75) is 24.0 Å². The van der Waals surface area contributed by atoms with Gasteiger partial charge in [-0.1, -0.05) is 29.4 Å². The van der Waals surface area contributed by atoms with Crippen LogP contribution in [0, 0.1) is 0 Å². The Hall–Kier alpha value is -3.79. The highest BCUT2D eigenvalue weighted by atomic mass is 32.2. The van der Waals surface area contributed by atoms with Crippen molar-refractivity contribution >= 4 is 32.7 Å². The van der Waals surface area contributed by atoms with Crippen molar-refractivity contribution in [3.05, 3.63) is 70.6 Å². The third-order valence-electron chi connectivity index (χ3n) is 4.56. The lowest BCUT2D eigenvalue weighted by Gasteiger charge is -2.08. The number of sulfone groups is 1. The summed E-state index contributed by atoms with van der Waals surface area (Å²) in [7, 11) is -3.48. The Kier molecular flexibility index (Phi) is 5.15. The molecule has 0 aliphatic carbocycles. The summed E-state index contributed by atoms with van der Waals surface area (Å²) in [6.45, 7) is 3.18. The van der Waals surface area contributed by atoms with Crippen molar-refractivity contribution in [2.75, 3.05) is 5.32 Å². The molecule has 2 aromatic heterocycles. The molecule has 0 radical (unpaired) electrons. The Morgan fingerprint density at radius 1 is 1.00 bits per heavy atom. The van der Waals surface area contributed by atoms with Gasteiger partial charge in [0, 0.05) is 10.9 Å². The first-order chi connectivity index (χ1) is 14.8. The predicted octanol–water partition coefficient (Wildman–Crippen LogP) is 3.28. The van der Waals surface area contributed by atoms with Gasteiger partial charge in [-0.2, -0.15) is 0 Å². The molecule has 0 spiro atoms. The minimum Gasteiger partial charge on any atom is -0.422 e. The monoisotopic (exact) mass is 439 g/mol. The van der Waals surface area contributed by atoms with Gasteiger partial charge >= 0.3 is 11.6 Å². The van der Waals surface area contributed by atoms with Crippen LogP contribution in [0.25, 0.3) is 22.4 Å². The highest BCUT2D eigenvalue weighted by molar-refractivity contribution is 7.92. The summed E-state index contributed by atoms with van der Waals surface area (Å²) in [6, 6.07) is 14.0. The number of hydrogen-bond donors (Lipinski definition) is 1. The summed E-state index contributed by atoms with van der Waals surface area (Å²) in [6.07, 6.45) is 0. The molecule has 2 aromatic carbocycles. The van der Waals surface area contributed by atoms with Gasteiger partial charge in [-0.05, 0) is 44.2 Å². The number of para-hydroxylation sites is 1. The van der Waals surface area contributed by atoms with Gasteiger partial charge in [0.25, 0.3) is 5.91 Å². The fourth-order valence-electron chi connectivity index (χ4n) is 2.85. The smallest absolute Gasteiger partial charge is 0.349 e. The second kappa shape index (κ2) is 7.80. The number of hydrogen-bond acceptors (Lipinski definition) is 8. The number of rotatable bonds is 5. The highest BCUT2D eigenvalue weighted by Crippen LogP contribution is 2.25. The summed E-state index contributed by atoms with van der Waals surface area (Å²) >= 11 is 0. The van der Waals surface area contributed by atoms with Crippen LogP contribution in [0.3, 0.4) is 0 Å². The van der Waals surface area contributed by atoms with Gasteiger partial charge in [-0.3, -0.25) is 10.1 Å². The van der Waals surface area contributed by atoms with E-state index in [1.54, 1.807) is 50.2 Å². The van der Waals surface area contributed by atoms with Crippen LogP contribution in [0.2, 0.25) is 0 Å². The van der Waals surface area contributed by atoms with E-state index in [0.29, 0.717) is 16.5 Å². The molecule has 0 aliphatic rings. The average molecular weight is 439 g/mol. The fraction of sp³-hybridized carbons (Fsp3) is 0.143. The highest BCUT2D eigenvalue weighted by Gasteiger charge is 2.21. The summed E-state index contributed by atoms with van der Waals surface area (Å²) in [5, 5.41) is 9.95. The third-order valence-corrected chi connectivity index (χ3v) is 6.71. The molecule has 0 saturated carbocycles. The Balaban J connectivity index is 1.60. The standard InChI is InChI=1S/C21H17N3O6S/c1-12(2)31(27,28)15-8-5-7-14(10-15)19-23-24-21(30-19)22-18(25)16-11-13-6-3-4-9-17(13)29-20(16)26/h3-12H,1-2H3,(H,22,24,25). The fourth-order valence-corrected chi connectivity index (χ4v) is 3.96. The number of aromatic nitrogens is 2. The summed E-state index contributed by atoms with van der Waals surface area (Å²) in [4.78, 5) is 24.8. The number of amides is 1. The van der Waals surface area contributed by atoms with E-state index in [-0.39, 0.29) is 22.4 Å². The van der Waals surface area contributed by atoms with Crippen LogP contribution < -0.4 is 10.9 Å². The molecule has 1 N–H and O–H groups in total. The normalized spacial score (nSPS) is 11.7. The Morgan fingerprint density at radius 2 is 1.77 bits per heavy atom. The first kappa shape index (κ1) is 20.5. The molecule has 0 unspecified atom stereocenters. The maximum Gasteiger partial charge on any atom is 0.349 e. The summed E-state index contributed by atoms with van der Waals surface area (Å²) < 4.78 is 35.4. The number of nitrogens with one attached hydrogen (secondary N) is 1. The van der Waals surface area contributed by atoms with Crippen molar-refractivity contribution in [3.8, 4) is 11.5 Å². The minimum absolute atomic E-state index is 0.0154. The molecule has 2 heterocycles. The molecule has 0 saturated heterocycles. The number of fused-ring (bicyclic) bond motifs is 1. The Morgan fingerprint density at radius 3 is 2.55 bits per heavy atom. The van der Waals surface area contributed by atoms with E-state index in [4.69, 9.17) is 8.83 Å². The van der Waals surface area contributed by atoms with E-state index >= 15 is 0 Å². The molecule has 1 amide bonds. The number of nitrogens with zero attached hydrogens (tertiary/aromatic N) is 2. The van der Waals surface area contributed by atoms with Crippen molar-refractivity contribution < 1.29 is 22.0 Å². The van der Waals surface area contributed by atoms with Crippen LogP contribution in [0.1, 0.15) is 24.2 Å². The lowest BCUT2D eigenvalue weighted by molar-refractivity contribution is 0.102. The van der Waals surface area contributed by atoms with Crippen LogP contribution in [-0.4, -0.2) is 29.8 Å². The van der Waals surface area contributed by atoms with Gasteiger partial charge in [-0.25, -0.2) is 13.2 Å². The molecule has 0 fully saturated rings. The van der Waals surface area contributed by atoms with Crippen molar-refractivity contribution in [3.63, 3.8) is 0 Å². The van der Waals surface area contributed by atoms with Gasteiger partial charge in [0.1, 0.15) is 11.1 Å². The molecule has 0 atom stereocenters. The largest absolute Gasteiger partial charge is 0.422 e. The number of carbonyl (C=O) groups excluding carboxylic acids is 1. The molecular formula is C21H17N3O6S. The molecule has 4 aromatic rings. The maximum absolute atomic E-state index is 12.5.